The molecule has 0 bridgehead atoms. The molecule has 2 aromatic heterocycles. The van der Waals surface area contributed by atoms with Crippen LogP contribution < -0.4 is 4.90 Å². The van der Waals surface area contributed by atoms with Crippen LogP contribution in [0.15, 0.2) is 113 Å². The Labute approximate surface area is 239 Å². The topological polar surface area (TPSA) is 55.2 Å². The summed E-state index contributed by atoms with van der Waals surface area (Å²) in [5.74, 6) is 0.818. The molecule has 40 heavy (non-hydrogen) atoms. The van der Waals surface area contributed by atoms with Crippen molar-refractivity contribution in [1.82, 2.24) is 9.55 Å². The molecule has 0 fully saturated rings. The van der Waals surface area contributed by atoms with Gasteiger partial charge in [-0.2, -0.15) is 0 Å². The number of rotatable bonds is 2. The third-order valence-electron chi connectivity index (χ3n) is 7.56. The zero-order chi connectivity index (χ0) is 27.2. The highest BCUT2D eigenvalue weighted by Gasteiger charge is 2.35. The molecule has 0 atom stereocenters. The first-order valence-corrected chi connectivity index (χ1v) is 15.4. The summed E-state index contributed by atoms with van der Waals surface area (Å²) in [4.78, 5) is 7.48. The maximum absolute atomic E-state index is 13.5. The van der Waals surface area contributed by atoms with Crippen molar-refractivity contribution >= 4 is 81.0 Å². The van der Waals surface area contributed by atoms with Gasteiger partial charge < -0.3 is 4.90 Å². The first-order valence-electron chi connectivity index (χ1n) is 12.8. The van der Waals surface area contributed by atoms with Crippen LogP contribution in [0.1, 0.15) is 5.82 Å². The number of nitrogens with zero attached hydrogens (tertiary/aromatic N) is 3. The van der Waals surface area contributed by atoms with Crippen LogP contribution in [0, 0.1) is 6.92 Å². The summed E-state index contributed by atoms with van der Waals surface area (Å²) in [6.45, 7) is 1.99. The van der Waals surface area contributed by atoms with Crippen molar-refractivity contribution in [3.05, 3.63) is 114 Å². The number of fused-ring (bicyclic) bond motifs is 7. The molecule has 1 aliphatic heterocycles. The SMILES string of the molecule is Cc1nc2c3c(ccc2n1-c1cccc(N2c4ccccc4S(=O)(=O)c4ccccc42)c1Cl)sc1ccccc13. The molecule has 0 spiro atoms. The van der Waals surface area contributed by atoms with E-state index >= 15 is 0 Å². The monoisotopic (exact) mass is 577 g/mol. The molecule has 3 heterocycles. The normalized spacial score (nSPS) is 14.1. The lowest BCUT2D eigenvalue weighted by Gasteiger charge is -2.33. The Balaban J connectivity index is 1.39. The Kier molecular flexibility index (Phi) is 4.98. The molecular weight excluding hydrogens is 558 g/mol. The number of benzene rings is 5. The minimum atomic E-state index is -3.68. The van der Waals surface area contributed by atoms with Gasteiger partial charge in [0.1, 0.15) is 5.82 Å². The molecule has 8 rings (SSSR count). The molecule has 5 aromatic carbocycles. The number of aryl methyl sites for hydroxylation is 1. The predicted molar refractivity (Wildman–Crippen MR) is 164 cm³/mol. The summed E-state index contributed by atoms with van der Waals surface area (Å²) >= 11 is 9.03. The smallest absolute Gasteiger partial charge is 0.210 e. The summed E-state index contributed by atoms with van der Waals surface area (Å²) in [5, 5.41) is 2.85. The first kappa shape index (κ1) is 23.7. The first-order chi connectivity index (χ1) is 19.4. The minimum Gasteiger partial charge on any atom is -0.306 e. The predicted octanol–water partition coefficient (Wildman–Crippen LogP) is 8.97. The van der Waals surface area contributed by atoms with Crippen molar-refractivity contribution in [1.29, 1.82) is 0 Å². The zero-order valence-corrected chi connectivity index (χ0v) is 23.6. The number of halogens is 1. The van der Waals surface area contributed by atoms with Gasteiger partial charge >= 0.3 is 0 Å². The molecule has 0 unspecified atom stereocenters. The van der Waals surface area contributed by atoms with Gasteiger partial charge in [-0.15, -0.1) is 11.3 Å². The average Bonchev–Trinajstić information content (AvgIpc) is 3.51. The van der Waals surface area contributed by atoms with Crippen molar-refractivity contribution in [3.8, 4) is 5.69 Å². The van der Waals surface area contributed by atoms with Crippen LogP contribution in [-0.2, 0) is 9.84 Å². The number of thiophene rings is 1. The average molecular weight is 578 g/mol. The molecule has 0 radical (unpaired) electrons. The lowest BCUT2D eigenvalue weighted by molar-refractivity contribution is 0.595. The van der Waals surface area contributed by atoms with E-state index in [9.17, 15) is 8.42 Å². The molecule has 194 valence electrons. The number of anilines is 3. The second-order valence-electron chi connectivity index (χ2n) is 9.78. The van der Waals surface area contributed by atoms with E-state index in [0.717, 1.165) is 27.9 Å². The third kappa shape index (κ3) is 3.14. The highest BCUT2D eigenvalue weighted by atomic mass is 35.5. The van der Waals surface area contributed by atoms with Gasteiger partial charge in [-0.1, -0.05) is 60.1 Å². The largest absolute Gasteiger partial charge is 0.306 e. The third-order valence-corrected chi connectivity index (χ3v) is 10.9. The minimum absolute atomic E-state index is 0.256. The molecule has 0 saturated carbocycles. The van der Waals surface area contributed by atoms with Crippen LogP contribution in [0.3, 0.4) is 0 Å². The number of hydrogen-bond donors (Lipinski definition) is 0. The van der Waals surface area contributed by atoms with E-state index < -0.39 is 9.84 Å². The van der Waals surface area contributed by atoms with Gasteiger partial charge in [0.2, 0.25) is 9.84 Å². The maximum Gasteiger partial charge on any atom is 0.210 e. The summed E-state index contributed by atoms with van der Waals surface area (Å²) in [7, 11) is -3.68. The zero-order valence-electron chi connectivity index (χ0n) is 21.2. The Bertz CT molecular complexity index is 2230. The Hall–Kier alpha value is -4.17. The van der Waals surface area contributed by atoms with E-state index in [1.165, 1.54) is 14.8 Å². The quantitative estimate of drug-likeness (QED) is 0.206. The number of imidazole rings is 1. The number of para-hydroxylation sites is 2. The van der Waals surface area contributed by atoms with Crippen LogP contribution in [0.4, 0.5) is 17.1 Å². The molecule has 8 heteroatoms. The molecule has 7 aromatic rings. The van der Waals surface area contributed by atoms with E-state index in [2.05, 4.69) is 41.0 Å². The summed E-state index contributed by atoms with van der Waals surface area (Å²) in [6, 6.07) is 32.7. The van der Waals surface area contributed by atoms with Crippen molar-refractivity contribution in [3.63, 3.8) is 0 Å². The lowest BCUT2D eigenvalue weighted by Crippen LogP contribution is -2.22. The molecule has 0 saturated heterocycles. The van der Waals surface area contributed by atoms with Gasteiger partial charge in [-0.3, -0.25) is 4.57 Å². The van der Waals surface area contributed by atoms with E-state index in [0.29, 0.717) is 22.1 Å². The van der Waals surface area contributed by atoms with Gasteiger partial charge in [0, 0.05) is 20.2 Å². The number of hydrogen-bond acceptors (Lipinski definition) is 5. The lowest BCUT2D eigenvalue weighted by atomic mass is 10.1. The maximum atomic E-state index is 13.5. The van der Waals surface area contributed by atoms with E-state index in [1.54, 1.807) is 35.6 Å². The second-order valence-corrected chi connectivity index (χ2v) is 13.1. The summed E-state index contributed by atoms with van der Waals surface area (Å²) in [6.07, 6.45) is 0. The highest BCUT2D eigenvalue weighted by Crippen LogP contribution is 2.50. The fourth-order valence-electron chi connectivity index (χ4n) is 5.87. The Morgan fingerprint density at radius 1 is 0.700 bits per heavy atom. The molecule has 1 aliphatic rings. The molecular formula is C32H20ClN3O2S2. The fourth-order valence-corrected chi connectivity index (χ4v) is 8.90. The van der Waals surface area contributed by atoms with Gasteiger partial charge in [0.25, 0.3) is 0 Å². The van der Waals surface area contributed by atoms with Gasteiger partial charge in [-0.05, 0) is 61.5 Å². The molecule has 0 aliphatic carbocycles. The molecule has 5 nitrogen and oxygen atoms in total. The fraction of sp³-hybridized carbons (Fsp3) is 0.0312. The molecule has 0 N–H and O–H groups in total. The van der Waals surface area contributed by atoms with E-state index in [-0.39, 0.29) is 9.79 Å². The summed E-state index contributed by atoms with van der Waals surface area (Å²) < 4.78 is 31.5. The van der Waals surface area contributed by atoms with Crippen LogP contribution in [0.5, 0.6) is 0 Å². The van der Waals surface area contributed by atoms with Crippen LogP contribution >= 0.6 is 22.9 Å². The van der Waals surface area contributed by atoms with E-state index in [4.69, 9.17) is 16.6 Å². The van der Waals surface area contributed by atoms with Gasteiger partial charge in [0.15, 0.2) is 0 Å². The van der Waals surface area contributed by atoms with Crippen molar-refractivity contribution in [2.75, 3.05) is 4.90 Å². The van der Waals surface area contributed by atoms with Crippen LogP contribution in [0.25, 0.3) is 36.9 Å². The summed E-state index contributed by atoms with van der Waals surface area (Å²) in [5.41, 5.74) is 4.51. The second kappa shape index (κ2) is 8.41. The van der Waals surface area contributed by atoms with E-state index in [1.807, 2.05) is 54.3 Å². The van der Waals surface area contributed by atoms with Crippen molar-refractivity contribution in [2.24, 2.45) is 0 Å². The highest BCUT2D eigenvalue weighted by molar-refractivity contribution is 7.92. The molecule has 0 amide bonds. The Morgan fingerprint density at radius 3 is 2.08 bits per heavy atom. The number of sulfone groups is 1. The van der Waals surface area contributed by atoms with Crippen molar-refractivity contribution in [2.45, 2.75) is 16.7 Å². The van der Waals surface area contributed by atoms with Crippen LogP contribution in [0.2, 0.25) is 5.02 Å². The Morgan fingerprint density at radius 2 is 1.32 bits per heavy atom. The van der Waals surface area contributed by atoms with Crippen LogP contribution in [-0.4, -0.2) is 18.0 Å². The standard InChI is InChI=1S/C32H20ClN3O2S2/c1-19-34-32-25(17-18-27-30(32)20-9-2-5-14-26(20)39-27)35(19)23-12-8-13-24(31(23)33)36-21-10-3-6-15-28(21)40(37,38)29-16-7-4-11-22(29)36/h2-18H,1H3. The number of aromatic nitrogens is 2. The van der Waals surface area contributed by atoms with Gasteiger partial charge in [-0.25, -0.2) is 13.4 Å². The van der Waals surface area contributed by atoms with Gasteiger partial charge in [0.05, 0.1) is 48.6 Å². The van der Waals surface area contributed by atoms with Crippen molar-refractivity contribution < 1.29 is 8.42 Å².